The molecule has 0 fully saturated rings. The van der Waals surface area contributed by atoms with Crippen LogP contribution in [0.5, 0.6) is 0 Å². The van der Waals surface area contributed by atoms with Crippen LogP contribution < -0.4 is 5.32 Å². The lowest BCUT2D eigenvalue weighted by Gasteiger charge is -2.22. The predicted molar refractivity (Wildman–Crippen MR) is 84.4 cm³/mol. The van der Waals surface area contributed by atoms with E-state index in [2.05, 4.69) is 51.0 Å². The van der Waals surface area contributed by atoms with Crippen LogP contribution >= 0.6 is 31.9 Å². The molecule has 0 saturated heterocycles. The minimum Gasteiger partial charge on any atom is -0.380 e. The molecule has 1 atom stereocenters. The molecule has 1 aromatic carbocycles. The first kappa shape index (κ1) is 16.7. The molecule has 5 heteroatoms. The number of nitrogens with one attached hydrogen (secondary N) is 1. The number of hydrogen-bond acceptors (Lipinski definition) is 2. The van der Waals surface area contributed by atoms with Crippen molar-refractivity contribution in [1.29, 1.82) is 0 Å². The molecule has 0 aromatic heterocycles. The van der Waals surface area contributed by atoms with Gasteiger partial charge in [0.05, 0.1) is 18.2 Å². The topological polar surface area (TPSA) is 38.3 Å². The molecular weight excluding hydrogens is 374 g/mol. The highest BCUT2D eigenvalue weighted by Crippen LogP contribution is 2.22. The van der Waals surface area contributed by atoms with E-state index in [-0.39, 0.29) is 11.9 Å². The molecule has 1 unspecified atom stereocenters. The van der Waals surface area contributed by atoms with E-state index in [4.69, 9.17) is 4.74 Å². The summed E-state index contributed by atoms with van der Waals surface area (Å²) in [5, 5.41) is 3.02. The second-order valence-electron chi connectivity index (χ2n) is 4.61. The lowest BCUT2D eigenvalue weighted by Crippen LogP contribution is -2.42. The number of rotatable bonds is 6. The highest BCUT2D eigenvalue weighted by atomic mass is 79.9. The molecule has 0 spiro atoms. The van der Waals surface area contributed by atoms with Gasteiger partial charge in [-0.05, 0) is 47.0 Å². The number of halogens is 2. The lowest BCUT2D eigenvalue weighted by molar-refractivity contribution is 0.0805. The number of benzene rings is 1. The first-order valence-corrected chi connectivity index (χ1v) is 7.88. The van der Waals surface area contributed by atoms with Gasteiger partial charge in [0.1, 0.15) is 0 Å². The quantitative estimate of drug-likeness (QED) is 0.794. The van der Waals surface area contributed by atoms with Crippen LogP contribution in [-0.4, -0.2) is 25.2 Å². The van der Waals surface area contributed by atoms with Gasteiger partial charge in [-0.3, -0.25) is 4.79 Å². The fourth-order valence-corrected chi connectivity index (χ4v) is 2.79. The number of carbonyl (C=O) groups excluding carboxylic acids is 1. The zero-order valence-corrected chi connectivity index (χ0v) is 14.5. The molecular formula is C14H19Br2NO2. The Morgan fingerprint density at radius 3 is 2.58 bits per heavy atom. The van der Waals surface area contributed by atoms with E-state index in [1.165, 1.54) is 0 Å². The third-order valence-corrected chi connectivity index (χ3v) is 3.95. The number of carbonyl (C=O) groups is 1. The van der Waals surface area contributed by atoms with Crippen LogP contribution in [0.25, 0.3) is 0 Å². The average Bonchev–Trinajstić information content (AvgIpc) is 2.33. The van der Waals surface area contributed by atoms with Crippen LogP contribution in [0, 0.1) is 5.92 Å². The molecule has 106 valence electrons. The van der Waals surface area contributed by atoms with Gasteiger partial charge >= 0.3 is 0 Å². The highest BCUT2D eigenvalue weighted by molar-refractivity contribution is 9.11. The number of hydrogen-bond donors (Lipinski definition) is 1. The summed E-state index contributed by atoms with van der Waals surface area (Å²) >= 11 is 6.78. The zero-order chi connectivity index (χ0) is 14.4. The molecule has 0 saturated carbocycles. The van der Waals surface area contributed by atoms with E-state index in [0.29, 0.717) is 24.7 Å². The summed E-state index contributed by atoms with van der Waals surface area (Å²) < 4.78 is 7.12. The standard InChI is InChI=1S/C14H19Br2NO2/c1-4-19-8-13(9(2)3)17-14(18)11-6-5-10(15)7-12(11)16/h5-7,9,13H,4,8H2,1-3H3,(H,17,18). The fraction of sp³-hybridized carbons (Fsp3) is 0.500. The van der Waals surface area contributed by atoms with E-state index < -0.39 is 0 Å². The van der Waals surface area contributed by atoms with Crippen molar-refractivity contribution in [2.24, 2.45) is 5.92 Å². The molecule has 1 N–H and O–H groups in total. The summed E-state index contributed by atoms with van der Waals surface area (Å²) in [5.41, 5.74) is 0.630. The summed E-state index contributed by atoms with van der Waals surface area (Å²) in [5.74, 6) is 0.238. The SMILES string of the molecule is CCOCC(NC(=O)c1ccc(Br)cc1Br)C(C)C. The second kappa shape index (κ2) is 8.02. The molecule has 0 aliphatic carbocycles. The Bertz CT molecular complexity index is 435. The Hall–Kier alpha value is -0.390. The van der Waals surface area contributed by atoms with Crippen LogP contribution in [0.15, 0.2) is 27.1 Å². The maximum Gasteiger partial charge on any atom is 0.252 e. The minimum absolute atomic E-state index is 0.0167. The highest BCUT2D eigenvalue weighted by Gasteiger charge is 2.18. The maximum atomic E-state index is 12.2. The third-order valence-electron chi connectivity index (χ3n) is 2.80. The molecule has 0 radical (unpaired) electrons. The smallest absolute Gasteiger partial charge is 0.252 e. The van der Waals surface area contributed by atoms with E-state index >= 15 is 0 Å². The third kappa shape index (κ3) is 5.24. The van der Waals surface area contributed by atoms with Crippen LogP contribution in [0.2, 0.25) is 0 Å². The Morgan fingerprint density at radius 1 is 1.37 bits per heavy atom. The predicted octanol–water partition coefficient (Wildman–Crippen LogP) is 4.00. The van der Waals surface area contributed by atoms with Crippen LogP contribution in [0.3, 0.4) is 0 Å². The largest absolute Gasteiger partial charge is 0.380 e. The summed E-state index contributed by atoms with van der Waals surface area (Å²) in [4.78, 5) is 12.2. The van der Waals surface area contributed by atoms with Gasteiger partial charge in [0, 0.05) is 15.6 Å². The van der Waals surface area contributed by atoms with Gasteiger partial charge in [-0.1, -0.05) is 29.8 Å². The van der Waals surface area contributed by atoms with Gasteiger partial charge in [-0.2, -0.15) is 0 Å². The van der Waals surface area contributed by atoms with Crippen molar-refractivity contribution in [1.82, 2.24) is 5.32 Å². The molecule has 0 aliphatic heterocycles. The van der Waals surface area contributed by atoms with Crippen molar-refractivity contribution >= 4 is 37.8 Å². The fourth-order valence-electron chi connectivity index (χ4n) is 1.57. The number of amides is 1. The van der Waals surface area contributed by atoms with E-state index in [0.717, 1.165) is 8.95 Å². The number of ether oxygens (including phenoxy) is 1. The van der Waals surface area contributed by atoms with Gasteiger partial charge in [-0.15, -0.1) is 0 Å². The van der Waals surface area contributed by atoms with Crippen molar-refractivity contribution in [3.8, 4) is 0 Å². The van der Waals surface area contributed by atoms with Gasteiger partial charge in [0.2, 0.25) is 0 Å². The van der Waals surface area contributed by atoms with Crippen LogP contribution in [0.1, 0.15) is 31.1 Å². The summed E-state index contributed by atoms with van der Waals surface area (Å²) in [7, 11) is 0. The van der Waals surface area contributed by atoms with E-state index in [9.17, 15) is 4.79 Å². The Morgan fingerprint density at radius 2 is 2.05 bits per heavy atom. The van der Waals surface area contributed by atoms with E-state index in [1.54, 1.807) is 6.07 Å². The van der Waals surface area contributed by atoms with Crippen molar-refractivity contribution in [2.75, 3.05) is 13.2 Å². The Kier molecular flexibility index (Phi) is 7.04. The monoisotopic (exact) mass is 391 g/mol. The first-order chi connectivity index (χ1) is 8.95. The second-order valence-corrected chi connectivity index (χ2v) is 6.38. The van der Waals surface area contributed by atoms with Crippen LogP contribution in [-0.2, 0) is 4.74 Å². The molecule has 0 aliphatic rings. The molecule has 3 nitrogen and oxygen atoms in total. The van der Waals surface area contributed by atoms with Crippen LogP contribution in [0.4, 0.5) is 0 Å². The molecule has 1 amide bonds. The van der Waals surface area contributed by atoms with Gasteiger partial charge in [0.25, 0.3) is 5.91 Å². The van der Waals surface area contributed by atoms with Gasteiger partial charge < -0.3 is 10.1 Å². The molecule has 19 heavy (non-hydrogen) atoms. The first-order valence-electron chi connectivity index (χ1n) is 6.29. The molecule has 0 bridgehead atoms. The van der Waals surface area contributed by atoms with E-state index in [1.807, 2.05) is 19.1 Å². The Balaban J connectivity index is 2.76. The normalized spacial score (nSPS) is 12.5. The summed E-state index contributed by atoms with van der Waals surface area (Å²) in [6, 6.07) is 5.53. The van der Waals surface area contributed by atoms with Crippen molar-refractivity contribution in [3.63, 3.8) is 0 Å². The molecule has 1 rings (SSSR count). The van der Waals surface area contributed by atoms with Gasteiger partial charge in [-0.25, -0.2) is 0 Å². The molecule has 1 aromatic rings. The lowest BCUT2D eigenvalue weighted by atomic mass is 10.0. The zero-order valence-electron chi connectivity index (χ0n) is 11.4. The Labute approximate surface area is 131 Å². The summed E-state index contributed by atoms with van der Waals surface area (Å²) in [6.45, 7) is 7.28. The van der Waals surface area contributed by atoms with Crippen molar-refractivity contribution in [2.45, 2.75) is 26.8 Å². The minimum atomic E-state index is -0.0854. The summed E-state index contributed by atoms with van der Waals surface area (Å²) in [6.07, 6.45) is 0. The van der Waals surface area contributed by atoms with Gasteiger partial charge in [0.15, 0.2) is 0 Å². The maximum absolute atomic E-state index is 12.2. The molecule has 0 heterocycles. The van der Waals surface area contributed by atoms with Crippen molar-refractivity contribution in [3.05, 3.63) is 32.7 Å². The average molecular weight is 393 g/mol. The van der Waals surface area contributed by atoms with Crippen molar-refractivity contribution < 1.29 is 9.53 Å².